The highest BCUT2D eigenvalue weighted by molar-refractivity contribution is 6.38. The van der Waals surface area contributed by atoms with Gasteiger partial charge in [0.2, 0.25) is 5.88 Å². The van der Waals surface area contributed by atoms with Gasteiger partial charge in [-0.25, -0.2) is 4.98 Å². The quantitative estimate of drug-likeness (QED) is 0.583. The van der Waals surface area contributed by atoms with Crippen molar-refractivity contribution in [2.75, 3.05) is 7.11 Å². The highest BCUT2D eigenvalue weighted by Gasteiger charge is 1.98. The van der Waals surface area contributed by atoms with Gasteiger partial charge < -0.3 is 4.74 Å². The van der Waals surface area contributed by atoms with Crippen molar-refractivity contribution >= 4 is 24.2 Å². The van der Waals surface area contributed by atoms with Crippen molar-refractivity contribution in [3.63, 3.8) is 0 Å². The summed E-state index contributed by atoms with van der Waals surface area (Å²) in [5, 5.41) is 1.18. The van der Waals surface area contributed by atoms with Crippen molar-refractivity contribution in [3.8, 4) is 5.88 Å². The van der Waals surface area contributed by atoms with E-state index in [9.17, 15) is 0 Å². The Hall–Kier alpha value is -1.51. The molecule has 0 spiro atoms. The number of hydrogen-bond donors (Lipinski definition) is 0. The van der Waals surface area contributed by atoms with Gasteiger partial charge in [-0.15, -0.1) is 0 Å². The second-order valence-corrected chi connectivity index (χ2v) is 3.00. The second kappa shape index (κ2) is 3.09. The largest absolute Gasteiger partial charge is 0.481 e. The maximum Gasteiger partial charge on any atom is 0.213 e. The van der Waals surface area contributed by atoms with E-state index in [0.29, 0.717) is 5.88 Å². The van der Waals surface area contributed by atoms with E-state index >= 15 is 0 Å². The Kier molecular flexibility index (Phi) is 1.93. The monoisotopic (exact) mass is 171 g/mol. The molecular weight excluding hydrogens is 161 g/mol. The number of benzene rings is 1. The molecule has 0 saturated heterocycles. The van der Waals surface area contributed by atoms with Crippen LogP contribution in [-0.2, 0) is 0 Å². The van der Waals surface area contributed by atoms with E-state index in [1.807, 2.05) is 24.3 Å². The molecule has 1 aromatic heterocycles. The molecular formula is C10H10BNO. The van der Waals surface area contributed by atoms with E-state index in [1.165, 1.54) is 10.8 Å². The molecule has 0 fully saturated rings. The zero-order chi connectivity index (χ0) is 9.26. The fourth-order valence-corrected chi connectivity index (χ4v) is 1.40. The maximum atomic E-state index is 5.05. The van der Waals surface area contributed by atoms with Gasteiger partial charge >= 0.3 is 0 Å². The van der Waals surface area contributed by atoms with Gasteiger partial charge in [-0.05, 0) is 17.5 Å². The van der Waals surface area contributed by atoms with Gasteiger partial charge in [-0.3, -0.25) is 0 Å². The summed E-state index contributed by atoms with van der Waals surface area (Å²) in [7, 11) is 3.71. The minimum atomic E-state index is 0.665. The Bertz CT molecular complexity index is 442. The normalized spacial score (nSPS) is 10.2. The average Bonchev–Trinajstić information content (AvgIpc) is 2.18. The van der Waals surface area contributed by atoms with E-state index in [4.69, 9.17) is 4.74 Å². The van der Waals surface area contributed by atoms with E-state index in [2.05, 4.69) is 18.9 Å². The molecule has 2 rings (SSSR count). The summed E-state index contributed by atoms with van der Waals surface area (Å²) in [6, 6.07) is 10.00. The first-order valence-electron chi connectivity index (χ1n) is 4.21. The highest BCUT2D eigenvalue weighted by atomic mass is 16.5. The minimum Gasteiger partial charge on any atom is -0.481 e. The third kappa shape index (κ3) is 1.37. The second-order valence-electron chi connectivity index (χ2n) is 3.00. The van der Waals surface area contributed by atoms with Gasteiger partial charge in [0, 0.05) is 6.07 Å². The van der Waals surface area contributed by atoms with Crippen LogP contribution in [-0.4, -0.2) is 19.9 Å². The van der Waals surface area contributed by atoms with Crippen molar-refractivity contribution in [1.29, 1.82) is 0 Å². The van der Waals surface area contributed by atoms with Crippen LogP contribution in [0.5, 0.6) is 5.88 Å². The Morgan fingerprint density at radius 1 is 1.23 bits per heavy atom. The fourth-order valence-electron chi connectivity index (χ4n) is 1.40. The van der Waals surface area contributed by atoms with Crippen LogP contribution in [0, 0.1) is 0 Å². The number of nitrogens with zero attached hydrogens (tertiary/aromatic N) is 1. The molecule has 0 radical (unpaired) electrons. The third-order valence-electron chi connectivity index (χ3n) is 2.13. The zero-order valence-electron chi connectivity index (χ0n) is 7.74. The van der Waals surface area contributed by atoms with Crippen molar-refractivity contribution < 1.29 is 4.74 Å². The summed E-state index contributed by atoms with van der Waals surface area (Å²) in [5.41, 5.74) is 2.23. The molecule has 3 heteroatoms. The SMILES string of the molecule is Bc1cccc2nc(OC)ccc12. The van der Waals surface area contributed by atoms with Crippen molar-refractivity contribution in [1.82, 2.24) is 4.98 Å². The van der Waals surface area contributed by atoms with Gasteiger partial charge in [-0.1, -0.05) is 17.6 Å². The summed E-state index contributed by atoms with van der Waals surface area (Å²) < 4.78 is 5.05. The molecule has 0 aliphatic carbocycles. The Morgan fingerprint density at radius 2 is 2.08 bits per heavy atom. The molecule has 0 aliphatic heterocycles. The Morgan fingerprint density at radius 3 is 2.85 bits per heavy atom. The number of hydrogen-bond acceptors (Lipinski definition) is 2. The van der Waals surface area contributed by atoms with E-state index in [-0.39, 0.29) is 0 Å². The lowest BCUT2D eigenvalue weighted by Crippen LogP contribution is -2.03. The first-order valence-corrected chi connectivity index (χ1v) is 4.21. The van der Waals surface area contributed by atoms with E-state index in [1.54, 1.807) is 7.11 Å². The first-order chi connectivity index (χ1) is 6.31. The molecule has 0 N–H and O–H groups in total. The molecule has 1 heterocycles. The molecule has 1 aromatic carbocycles. The maximum absolute atomic E-state index is 5.05. The van der Waals surface area contributed by atoms with Crippen LogP contribution in [0.1, 0.15) is 0 Å². The molecule has 0 saturated carbocycles. The molecule has 0 unspecified atom stereocenters. The van der Waals surface area contributed by atoms with Gasteiger partial charge in [0.05, 0.1) is 12.6 Å². The summed E-state index contributed by atoms with van der Waals surface area (Å²) in [6.07, 6.45) is 0. The molecule has 64 valence electrons. The lowest BCUT2D eigenvalue weighted by molar-refractivity contribution is 0.399. The molecule has 0 amide bonds. The summed E-state index contributed by atoms with van der Waals surface area (Å²) in [5.74, 6) is 0.665. The van der Waals surface area contributed by atoms with Crippen LogP contribution in [0.3, 0.4) is 0 Å². The van der Waals surface area contributed by atoms with Crippen LogP contribution in [0.25, 0.3) is 10.9 Å². The molecule has 13 heavy (non-hydrogen) atoms. The average molecular weight is 171 g/mol. The number of pyridine rings is 1. The molecule has 0 atom stereocenters. The van der Waals surface area contributed by atoms with E-state index in [0.717, 1.165) is 5.52 Å². The van der Waals surface area contributed by atoms with E-state index < -0.39 is 0 Å². The lowest BCUT2D eigenvalue weighted by atomic mass is 9.92. The topological polar surface area (TPSA) is 22.1 Å². The Labute approximate surface area is 78.0 Å². The smallest absolute Gasteiger partial charge is 0.213 e. The number of rotatable bonds is 1. The summed E-state index contributed by atoms with van der Waals surface area (Å²) in [6.45, 7) is 0. The van der Waals surface area contributed by atoms with Crippen LogP contribution in [0.2, 0.25) is 0 Å². The number of methoxy groups -OCH3 is 1. The van der Waals surface area contributed by atoms with Crippen LogP contribution in [0.4, 0.5) is 0 Å². The molecule has 2 aromatic rings. The number of fused-ring (bicyclic) bond motifs is 1. The number of aromatic nitrogens is 1. The Balaban J connectivity index is 2.72. The van der Waals surface area contributed by atoms with Crippen LogP contribution >= 0.6 is 0 Å². The third-order valence-corrected chi connectivity index (χ3v) is 2.13. The van der Waals surface area contributed by atoms with Crippen molar-refractivity contribution in [3.05, 3.63) is 30.3 Å². The summed E-state index contributed by atoms with van der Waals surface area (Å²) in [4.78, 5) is 4.33. The predicted molar refractivity (Wildman–Crippen MR) is 56.5 cm³/mol. The molecule has 2 nitrogen and oxygen atoms in total. The molecule has 0 bridgehead atoms. The van der Waals surface area contributed by atoms with Crippen molar-refractivity contribution in [2.24, 2.45) is 0 Å². The highest BCUT2D eigenvalue weighted by Crippen LogP contribution is 2.13. The lowest BCUT2D eigenvalue weighted by Gasteiger charge is -2.03. The minimum absolute atomic E-state index is 0.665. The molecule has 0 aliphatic rings. The van der Waals surface area contributed by atoms with Gasteiger partial charge in [-0.2, -0.15) is 0 Å². The summed E-state index contributed by atoms with van der Waals surface area (Å²) >= 11 is 0. The van der Waals surface area contributed by atoms with Crippen LogP contribution < -0.4 is 10.2 Å². The first kappa shape index (κ1) is 8.11. The van der Waals surface area contributed by atoms with Gasteiger partial charge in [0.15, 0.2) is 0 Å². The zero-order valence-corrected chi connectivity index (χ0v) is 7.74. The fraction of sp³-hybridized carbons (Fsp3) is 0.100. The van der Waals surface area contributed by atoms with Gasteiger partial charge in [0.1, 0.15) is 7.85 Å². The predicted octanol–water partition coefficient (Wildman–Crippen LogP) is 0.502. The van der Waals surface area contributed by atoms with Gasteiger partial charge in [0.25, 0.3) is 0 Å². The van der Waals surface area contributed by atoms with Crippen LogP contribution in [0.15, 0.2) is 30.3 Å². The number of ether oxygens (including phenoxy) is 1. The van der Waals surface area contributed by atoms with Crippen molar-refractivity contribution in [2.45, 2.75) is 0 Å². The standard InChI is InChI=1S/C10H10BNO/c1-13-10-6-5-7-8(11)3-2-4-9(7)12-10/h2-6H,11H2,1H3.